The summed E-state index contributed by atoms with van der Waals surface area (Å²) in [6.07, 6.45) is 0.974. The Morgan fingerprint density at radius 3 is 2.36 bits per heavy atom. The van der Waals surface area contributed by atoms with Crippen LogP contribution in [0.15, 0.2) is 35.2 Å². The molecular weight excluding hydrogens is 468 g/mol. The first-order chi connectivity index (χ1) is 15.7. The number of rotatable bonds is 5. The molecule has 2 heterocycles. The molecule has 0 aromatic heterocycles. The Kier molecular flexibility index (Phi) is 6.74. The predicted octanol–water partition coefficient (Wildman–Crippen LogP) is 4.04. The molecule has 10 heteroatoms. The van der Waals surface area contributed by atoms with E-state index in [0.717, 1.165) is 6.42 Å². The largest absolute Gasteiger partial charge is 0.495 e. The third-order valence-corrected chi connectivity index (χ3v) is 7.92. The van der Waals surface area contributed by atoms with E-state index in [-0.39, 0.29) is 33.1 Å². The number of methoxy groups -OCH3 is 1. The summed E-state index contributed by atoms with van der Waals surface area (Å²) in [5, 5.41) is 3.01. The maximum Gasteiger partial charge on any atom is 0.255 e. The molecule has 0 saturated carbocycles. The van der Waals surface area contributed by atoms with E-state index in [0.29, 0.717) is 43.5 Å². The van der Waals surface area contributed by atoms with Crippen LogP contribution in [0.5, 0.6) is 17.2 Å². The molecule has 2 aliphatic heterocycles. The maximum absolute atomic E-state index is 13.5. The molecule has 1 fully saturated rings. The molecule has 2 aromatic carbocycles. The van der Waals surface area contributed by atoms with Gasteiger partial charge in [-0.3, -0.25) is 4.79 Å². The zero-order valence-electron chi connectivity index (χ0n) is 18.8. The summed E-state index contributed by atoms with van der Waals surface area (Å²) in [7, 11) is -2.45. The Morgan fingerprint density at radius 2 is 1.73 bits per heavy atom. The first kappa shape index (κ1) is 23.7. The van der Waals surface area contributed by atoms with Gasteiger partial charge in [-0.25, -0.2) is 8.42 Å². The highest BCUT2D eigenvalue weighted by Crippen LogP contribution is 2.38. The minimum absolute atomic E-state index is 0.0350. The third-order valence-electron chi connectivity index (χ3n) is 5.76. The van der Waals surface area contributed by atoms with E-state index in [1.165, 1.54) is 29.6 Å². The topological polar surface area (TPSA) is 94.2 Å². The van der Waals surface area contributed by atoms with Crippen molar-refractivity contribution in [3.63, 3.8) is 0 Å². The molecule has 0 radical (unpaired) electrons. The monoisotopic (exact) mass is 494 g/mol. The van der Waals surface area contributed by atoms with Gasteiger partial charge in [-0.1, -0.05) is 25.4 Å². The number of ether oxygens (including phenoxy) is 3. The van der Waals surface area contributed by atoms with Crippen LogP contribution in [0.3, 0.4) is 0 Å². The summed E-state index contributed by atoms with van der Waals surface area (Å²) >= 11 is 6.30. The number of carbonyl (C=O) groups excluding carboxylic acids is 1. The number of benzene rings is 2. The molecule has 1 N–H and O–H groups in total. The van der Waals surface area contributed by atoms with Crippen LogP contribution < -0.4 is 19.5 Å². The molecule has 178 valence electrons. The Hall–Kier alpha value is -2.49. The number of hydrogen-bond acceptors (Lipinski definition) is 6. The number of halogens is 1. The van der Waals surface area contributed by atoms with Gasteiger partial charge in [0.2, 0.25) is 10.0 Å². The van der Waals surface area contributed by atoms with Gasteiger partial charge in [-0.05, 0) is 36.5 Å². The number of amides is 1. The quantitative estimate of drug-likeness (QED) is 0.674. The zero-order chi connectivity index (χ0) is 23.8. The summed E-state index contributed by atoms with van der Waals surface area (Å²) in [6, 6.07) is 7.52. The number of hydrogen-bond donors (Lipinski definition) is 1. The minimum Gasteiger partial charge on any atom is -0.495 e. The molecule has 2 aromatic rings. The number of carbonyl (C=O) groups is 1. The highest BCUT2D eigenvalue weighted by atomic mass is 35.5. The van der Waals surface area contributed by atoms with Gasteiger partial charge in [0.25, 0.3) is 5.91 Å². The molecule has 0 spiro atoms. The van der Waals surface area contributed by atoms with Crippen molar-refractivity contribution >= 4 is 33.2 Å². The second-order valence-corrected chi connectivity index (χ2v) is 10.9. The van der Waals surface area contributed by atoms with Gasteiger partial charge >= 0.3 is 0 Å². The normalized spacial score (nSPS) is 20.8. The summed E-state index contributed by atoms with van der Waals surface area (Å²) < 4.78 is 44.8. The van der Waals surface area contributed by atoms with Crippen LogP contribution in [0.1, 0.15) is 30.6 Å². The van der Waals surface area contributed by atoms with E-state index < -0.39 is 15.9 Å². The smallest absolute Gasteiger partial charge is 0.255 e. The van der Waals surface area contributed by atoms with Crippen molar-refractivity contribution in [2.75, 3.05) is 38.7 Å². The van der Waals surface area contributed by atoms with Crippen molar-refractivity contribution in [2.24, 2.45) is 11.8 Å². The van der Waals surface area contributed by atoms with E-state index in [9.17, 15) is 13.2 Å². The number of sulfonamides is 1. The van der Waals surface area contributed by atoms with Crippen molar-refractivity contribution in [1.29, 1.82) is 0 Å². The summed E-state index contributed by atoms with van der Waals surface area (Å²) in [5.41, 5.74) is 0.503. The molecule has 0 bridgehead atoms. The molecule has 4 rings (SSSR count). The molecule has 33 heavy (non-hydrogen) atoms. The molecule has 2 aliphatic rings. The van der Waals surface area contributed by atoms with Crippen molar-refractivity contribution in [3.8, 4) is 17.2 Å². The van der Waals surface area contributed by atoms with Crippen LogP contribution in [0.4, 0.5) is 5.69 Å². The van der Waals surface area contributed by atoms with Crippen molar-refractivity contribution in [1.82, 2.24) is 4.31 Å². The Labute approximate surface area is 198 Å². The standard InChI is InChI=1S/C23H27ClN2O6S/c1-14-8-15(2)13-26(12-14)33(28,29)22-9-16(4-5-19(22)30-3)23(27)25-18-11-21-20(10-17(18)24)31-6-7-32-21/h4-5,9-11,14-15H,6-8,12-13H2,1-3H3,(H,25,27)/t14-,15+. The lowest BCUT2D eigenvalue weighted by molar-refractivity contribution is 0.102. The lowest BCUT2D eigenvalue weighted by Crippen LogP contribution is -2.42. The highest BCUT2D eigenvalue weighted by molar-refractivity contribution is 7.89. The second kappa shape index (κ2) is 9.40. The number of anilines is 1. The van der Waals surface area contributed by atoms with Crippen LogP contribution in [0.25, 0.3) is 0 Å². The average molecular weight is 495 g/mol. The highest BCUT2D eigenvalue weighted by Gasteiger charge is 2.34. The number of fused-ring (bicyclic) bond motifs is 1. The zero-order valence-corrected chi connectivity index (χ0v) is 20.3. The van der Waals surface area contributed by atoms with Gasteiger partial charge in [0.1, 0.15) is 23.9 Å². The molecule has 1 amide bonds. The van der Waals surface area contributed by atoms with E-state index in [4.69, 9.17) is 25.8 Å². The van der Waals surface area contributed by atoms with E-state index in [1.807, 2.05) is 13.8 Å². The lowest BCUT2D eigenvalue weighted by Gasteiger charge is -2.34. The van der Waals surface area contributed by atoms with E-state index in [1.54, 1.807) is 12.1 Å². The number of piperidine rings is 1. The van der Waals surface area contributed by atoms with Crippen LogP contribution in [-0.2, 0) is 10.0 Å². The van der Waals surface area contributed by atoms with Crippen molar-refractivity contribution in [2.45, 2.75) is 25.2 Å². The van der Waals surface area contributed by atoms with E-state index in [2.05, 4.69) is 5.32 Å². The first-order valence-corrected chi connectivity index (χ1v) is 12.6. The molecule has 0 aliphatic carbocycles. The molecule has 8 nitrogen and oxygen atoms in total. The van der Waals surface area contributed by atoms with Gasteiger partial charge in [0.05, 0.1) is 17.8 Å². The summed E-state index contributed by atoms with van der Waals surface area (Å²) in [6.45, 7) is 5.76. The van der Waals surface area contributed by atoms with Crippen LogP contribution in [0, 0.1) is 11.8 Å². The van der Waals surface area contributed by atoms with Crippen LogP contribution in [0.2, 0.25) is 5.02 Å². The molecule has 2 atom stereocenters. The van der Waals surface area contributed by atoms with Gasteiger partial charge in [-0.15, -0.1) is 0 Å². The molecular formula is C23H27ClN2O6S. The van der Waals surface area contributed by atoms with Gasteiger partial charge in [-0.2, -0.15) is 4.31 Å². The van der Waals surface area contributed by atoms with Gasteiger partial charge in [0.15, 0.2) is 11.5 Å². The Morgan fingerprint density at radius 1 is 1.09 bits per heavy atom. The molecule has 1 saturated heterocycles. The average Bonchev–Trinajstić information content (AvgIpc) is 2.78. The fraction of sp³-hybridized carbons (Fsp3) is 0.435. The second-order valence-electron chi connectivity index (χ2n) is 8.56. The Bertz CT molecular complexity index is 1160. The maximum atomic E-state index is 13.5. The van der Waals surface area contributed by atoms with Crippen molar-refractivity contribution < 1.29 is 27.4 Å². The first-order valence-electron chi connectivity index (χ1n) is 10.8. The predicted molar refractivity (Wildman–Crippen MR) is 125 cm³/mol. The number of nitrogens with one attached hydrogen (secondary N) is 1. The fourth-order valence-corrected chi connectivity index (χ4v) is 6.38. The van der Waals surface area contributed by atoms with Crippen molar-refractivity contribution in [3.05, 3.63) is 40.9 Å². The summed E-state index contributed by atoms with van der Waals surface area (Å²) in [4.78, 5) is 13.0. The number of nitrogens with zero attached hydrogens (tertiary/aromatic N) is 1. The van der Waals surface area contributed by atoms with E-state index >= 15 is 0 Å². The van der Waals surface area contributed by atoms with Gasteiger partial charge < -0.3 is 19.5 Å². The third kappa shape index (κ3) is 4.90. The lowest BCUT2D eigenvalue weighted by atomic mass is 9.94. The van der Waals surface area contributed by atoms with Gasteiger partial charge in [0, 0.05) is 30.8 Å². The fourth-order valence-electron chi connectivity index (χ4n) is 4.31. The SMILES string of the molecule is COc1ccc(C(=O)Nc2cc3c(cc2Cl)OCCO3)cc1S(=O)(=O)N1C[C@H](C)C[C@H](C)C1. The van der Waals surface area contributed by atoms with Crippen LogP contribution >= 0.6 is 11.6 Å². The summed E-state index contributed by atoms with van der Waals surface area (Å²) in [5.74, 6) is 1.17. The Balaban J connectivity index is 1.63. The van der Waals surface area contributed by atoms with Crippen LogP contribution in [-0.4, -0.2) is 52.0 Å². The molecule has 0 unspecified atom stereocenters. The minimum atomic E-state index is -3.85.